The van der Waals surface area contributed by atoms with Crippen molar-refractivity contribution in [3.63, 3.8) is 0 Å². The van der Waals surface area contributed by atoms with Crippen molar-refractivity contribution in [2.45, 2.75) is 19.8 Å². The summed E-state index contributed by atoms with van der Waals surface area (Å²) in [5.74, 6) is -0.305. The van der Waals surface area contributed by atoms with Crippen LogP contribution in [0.2, 0.25) is 0 Å². The third-order valence-electron chi connectivity index (χ3n) is 2.70. The fraction of sp³-hybridized carbons (Fsp3) is 0.467. The Labute approximate surface area is 132 Å². The van der Waals surface area contributed by atoms with E-state index in [0.29, 0.717) is 13.0 Å². The summed E-state index contributed by atoms with van der Waals surface area (Å²) in [6.45, 7) is 4.39. The molecular weight excluding hydrogens is 290 g/mol. The van der Waals surface area contributed by atoms with E-state index in [0.717, 1.165) is 25.1 Å². The lowest BCUT2D eigenvalue weighted by molar-refractivity contribution is -0.125. The van der Waals surface area contributed by atoms with E-state index < -0.39 is 0 Å². The van der Waals surface area contributed by atoms with Gasteiger partial charge in [-0.2, -0.15) is 0 Å². The maximum Gasteiger partial charge on any atom is 0.239 e. The number of halogens is 1. The summed E-state index contributed by atoms with van der Waals surface area (Å²) >= 11 is 0. The molecule has 0 saturated carbocycles. The minimum Gasteiger partial charge on any atom is -0.353 e. The summed E-state index contributed by atoms with van der Waals surface area (Å²) in [5, 5.41) is 8.54. The SMILES string of the molecule is CCCNCCNC(=O)CNC(=O)Cc1ccccc1.Cl. The van der Waals surface area contributed by atoms with Crippen LogP contribution in [0, 0.1) is 0 Å². The Bertz CT molecular complexity index is 413. The number of amides is 2. The molecule has 0 aliphatic heterocycles. The van der Waals surface area contributed by atoms with Crippen LogP contribution in [0.1, 0.15) is 18.9 Å². The van der Waals surface area contributed by atoms with Crippen molar-refractivity contribution in [3.8, 4) is 0 Å². The van der Waals surface area contributed by atoms with Crippen LogP contribution >= 0.6 is 12.4 Å². The predicted molar refractivity (Wildman–Crippen MR) is 86.6 cm³/mol. The minimum absolute atomic E-state index is 0. The molecule has 0 bridgehead atoms. The standard InChI is InChI=1S/C15H23N3O2.ClH/c1-2-8-16-9-10-17-15(20)12-18-14(19)11-13-6-4-3-5-7-13;/h3-7,16H,2,8-12H2,1H3,(H,17,20)(H,18,19);1H. The van der Waals surface area contributed by atoms with Crippen molar-refractivity contribution in [2.24, 2.45) is 0 Å². The molecular formula is C15H24ClN3O2. The molecule has 2 amide bonds. The molecule has 118 valence electrons. The van der Waals surface area contributed by atoms with Crippen molar-refractivity contribution in [3.05, 3.63) is 35.9 Å². The summed E-state index contributed by atoms with van der Waals surface area (Å²) in [7, 11) is 0. The number of hydrogen-bond donors (Lipinski definition) is 3. The Morgan fingerprint density at radius 1 is 0.952 bits per heavy atom. The molecule has 5 nitrogen and oxygen atoms in total. The second kappa shape index (κ2) is 12.2. The van der Waals surface area contributed by atoms with Gasteiger partial charge in [-0.1, -0.05) is 37.3 Å². The van der Waals surface area contributed by atoms with E-state index in [1.165, 1.54) is 0 Å². The van der Waals surface area contributed by atoms with Crippen LogP contribution in [0.25, 0.3) is 0 Å². The Balaban J connectivity index is 0.00000400. The molecule has 0 saturated heterocycles. The number of carbonyl (C=O) groups excluding carboxylic acids is 2. The summed E-state index contributed by atoms with van der Waals surface area (Å²) in [5.41, 5.74) is 0.939. The van der Waals surface area contributed by atoms with E-state index in [-0.39, 0.29) is 30.8 Å². The van der Waals surface area contributed by atoms with Crippen LogP contribution in [-0.4, -0.2) is 38.0 Å². The lowest BCUT2D eigenvalue weighted by atomic mass is 10.1. The maximum atomic E-state index is 11.6. The van der Waals surface area contributed by atoms with Crippen LogP contribution in [0.3, 0.4) is 0 Å². The van der Waals surface area contributed by atoms with E-state index in [4.69, 9.17) is 0 Å². The maximum absolute atomic E-state index is 11.6. The number of benzene rings is 1. The second-order valence-corrected chi connectivity index (χ2v) is 4.54. The van der Waals surface area contributed by atoms with Gasteiger partial charge in [-0.25, -0.2) is 0 Å². The van der Waals surface area contributed by atoms with Crippen LogP contribution in [0.4, 0.5) is 0 Å². The van der Waals surface area contributed by atoms with Gasteiger partial charge < -0.3 is 16.0 Å². The van der Waals surface area contributed by atoms with Gasteiger partial charge in [0.15, 0.2) is 0 Å². The van der Waals surface area contributed by atoms with Crippen molar-refractivity contribution >= 4 is 24.2 Å². The molecule has 0 aliphatic rings. The summed E-state index contributed by atoms with van der Waals surface area (Å²) in [6, 6.07) is 9.46. The predicted octanol–water partition coefficient (Wildman–Crippen LogP) is 0.883. The molecule has 0 unspecified atom stereocenters. The molecule has 21 heavy (non-hydrogen) atoms. The molecule has 1 aromatic rings. The molecule has 1 rings (SSSR count). The normalized spacial score (nSPS) is 9.57. The first-order chi connectivity index (χ1) is 9.72. The smallest absolute Gasteiger partial charge is 0.239 e. The van der Waals surface area contributed by atoms with Crippen LogP contribution in [0.5, 0.6) is 0 Å². The zero-order valence-electron chi connectivity index (χ0n) is 12.4. The van der Waals surface area contributed by atoms with E-state index in [9.17, 15) is 9.59 Å². The van der Waals surface area contributed by atoms with Gasteiger partial charge in [0.05, 0.1) is 13.0 Å². The molecule has 0 atom stereocenters. The average molecular weight is 314 g/mol. The molecule has 0 aromatic heterocycles. The monoisotopic (exact) mass is 313 g/mol. The lowest BCUT2D eigenvalue weighted by Gasteiger charge is -2.07. The number of carbonyl (C=O) groups is 2. The van der Waals surface area contributed by atoms with Gasteiger partial charge in [0.2, 0.25) is 11.8 Å². The van der Waals surface area contributed by atoms with Gasteiger partial charge in [-0.05, 0) is 18.5 Å². The van der Waals surface area contributed by atoms with Crippen molar-refractivity contribution in [1.29, 1.82) is 0 Å². The molecule has 6 heteroatoms. The zero-order valence-corrected chi connectivity index (χ0v) is 13.2. The first-order valence-corrected chi connectivity index (χ1v) is 7.00. The van der Waals surface area contributed by atoms with Gasteiger partial charge in [-0.15, -0.1) is 12.4 Å². The first kappa shape index (κ1) is 19.4. The quantitative estimate of drug-likeness (QED) is 0.593. The van der Waals surface area contributed by atoms with Crippen molar-refractivity contribution < 1.29 is 9.59 Å². The number of hydrogen-bond acceptors (Lipinski definition) is 3. The van der Waals surface area contributed by atoms with Crippen molar-refractivity contribution in [2.75, 3.05) is 26.2 Å². The fourth-order valence-electron chi connectivity index (χ4n) is 1.68. The molecule has 3 N–H and O–H groups in total. The molecule has 0 spiro atoms. The highest BCUT2D eigenvalue weighted by Gasteiger charge is 2.05. The highest BCUT2D eigenvalue weighted by Crippen LogP contribution is 1.98. The van der Waals surface area contributed by atoms with Gasteiger partial charge in [0, 0.05) is 13.1 Å². The van der Waals surface area contributed by atoms with E-state index in [1.54, 1.807) is 0 Å². The zero-order chi connectivity index (χ0) is 14.6. The number of rotatable bonds is 9. The Kier molecular flexibility index (Phi) is 11.3. The lowest BCUT2D eigenvalue weighted by Crippen LogP contribution is -2.40. The van der Waals surface area contributed by atoms with Crippen LogP contribution < -0.4 is 16.0 Å². The Morgan fingerprint density at radius 2 is 1.67 bits per heavy atom. The minimum atomic E-state index is -0.162. The number of nitrogens with one attached hydrogen (secondary N) is 3. The summed E-state index contributed by atoms with van der Waals surface area (Å²) < 4.78 is 0. The molecule has 0 fully saturated rings. The first-order valence-electron chi connectivity index (χ1n) is 7.00. The van der Waals surface area contributed by atoms with Crippen LogP contribution in [-0.2, 0) is 16.0 Å². The third-order valence-corrected chi connectivity index (χ3v) is 2.70. The average Bonchev–Trinajstić information content (AvgIpc) is 2.46. The highest BCUT2D eigenvalue weighted by molar-refractivity contribution is 5.85. The Hall–Kier alpha value is -1.59. The van der Waals surface area contributed by atoms with Gasteiger partial charge in [0.25, 0.3) is 0 Å². The van der Waals surface area contributed by atoms with Gasteiger partial charge >= 0.3 is 0 Å². The fourth-order valence-corrected chi connectivity index (χ4v) is 1.68. The highest BCUT2D eigenvalue weighted by atomic mass is 35.5. The summed E-state index contributed by atoms with van der Waals surface area (Å²) in [4.78, 5) is 23.1. The van der Waals surface area contributed by atoms with Gasteiger partial charge in [-0.3, -0.25) is 9.59 Å². The van der Waals surface area contributed by atoms with E-state index in [2.05, 4.69) is 22.9 Å². The molecule has 0 heterocycles. The topological polar surface area (TPSA) is 70.2 Å². The third kappa shape index (κ3) is 9.87. The molecule has 0 radical (unpaired) electrons. The van der Waals surface area contributed by atoms with Crippen molar-refractivity contribution in [1.82, 2.24) is 16.0 Å². The molecule has 1 aromatic carbocycles. The molecule has 0 aliphatic carbocycles. The Morgan fingerprint density at radius 3 is 2.33 bits per heavy atom. The van der Waals surface area contributed by atoms with Crippen LogP contribution in [0.15, 0.2) is 30.3 Å². The largest absolute Gasteiger partial charge is 0.353 e. The van der Waals surface area contributed by atoms with Gasteiger partial charge in [0.1, 0.15) is 0 Å². The second-order valence-electron chi connectivity index (χ2n) is 4.54. The van der Waals surface area contributed by atoms with E-state index >= 15 is 0 Å². The summed E-state index contributed by atoms with van der Waals surface area (Å²) in [6.07, 6.45) is 1.37. The van der Waals surface area contributed by atoms with E-state index in [1.807, 2.05) is 30.3 Å².